The normalized spacial score (nSPS) is 21.3. The summed E-state index contributed by atoms with van der Waals surface area (Å²) in [6.07, 6.45) is 2.52. The summed E-state index contributed by atoms with van der Waals surface area (Å²) < 4.78 is 4.74. The Morgan fingerprint density at radius 2 is 2.07 bits per heavy atom. The van der Waals surface area contributed by atoms with Gasteiger partial charge in [-0.3, -0.25) is 4.79 Å². The molecule has 0 aromatic heterocycles. The van der Waals surface area contributed by atoms with Crippen LogP contribution in [0.1, 0.15) is 26.2 Å². The second kappa shape index (κ2) is 5.47. The monoisotopic (exact) mass is 214 g/mol. The summed E-state index contributed by atoms with van der Waals surface area (Å²) in [5.41, 5.74) is -0.0429. The van der Waals surface area contributed by atoms with Crippen molar-refractivity contribution in [3.8, 4) is 0 Å². The molecule has 0 atom stereocenters. The van der Waals surface area contributed by atoms with Crippen LogP contribution in [0.2, 0.25) is 0 Å². The van der Waals surface area contributed by atoms with Gasteiger partial charge in [-0.15, -0.1) is 0 Å². The van der Waals surface area contributed by atoms with Crippen LogP contribution in [0.3, 0.4) is 0 Å². The summed E-state index contributed by atoms with van der Waals surface area (Å²) in [5, 5.41) is 3.30. The second-order valence-corrected chi connectivity index (χ2v) is 4.22. The van der Waals surface area contributed by atoms with Gasteiger partial charge >= 0.3 is 5.97 Å². The predicted octanol–water partition coefficient (Wildman–Crippen LogP) is 0.623. The van der Waals surface area contributed by atoms with E-state index in [4.69, 9.17) is 4.74 Å². The van der Waals surface area contributed by atoms with E-state index in [0.29, 0.717) is 6.42 Å². The van der Waals surface area contributed by atoms with Gasteiger partial charge in [-0.25, -0.2) is 0 Å². The first-order valence-electron chi connectivity index (χ1n) is 5.64. The number of ether oxygens (including phenoxy) is 1. The molecule has 1 N–H and O–H groups in total. The summed E-state index contributed by atoms with van der Waals surface area (Å²) in [4.78, 5) is 13.7. The third kappa shape index (κ3) is 3.18. The first-order valence-corrected chi connectivity index (χ1v) is 5.64. The number of piperidine rings is 1. The number of rotatable bonds is 4. The third-order valence-corrected chi connectivity index (χ3v) is 3.50. The minimum absolute atomic E-state index is 0.0429. The number of likely N-dealkylation sites (tertiary alicyclic amines) is 1. The van der Waals surface area contributed by atoms with Crippen LogP contribution in [0.5, 0.6) is 0 Å². The highest BCUT2D eigenvalue weighted by Crippen LogP contribution is 2.25. The third-order valence-electron chi connectivity index (χ3n) is 3.50. The topological polar surface area (TPSA) is 41.6 Å². The van der Waals surface area contributed by atoms with Crippen molar-refractivity contribution in [1.29, 1.82) is 0 Å². The predicted molar refractivity (Wildman–Crippen MR) is 59.8 cm³/mol. The number of nitrogens with one attached hydrogen (secondary N) is 1. The Morgan fingerprint density at radius 3 is 2.47 bits per heavy atom. The quantitative estimate of drug-likeness (QED) is 0.697. The molecule has 1 rings (SSSR count). The minimum Gasteiger partial charge on any atom is -0.469 e. The Kier molecular flexibility index (Phi) is 4.54. The van der Waals surface area contributed by atoms with Crippen molar-refractivity contribution in [2.45, 2.75) is 31.7 Å². The summed E-state index contributed by atoms with van der Waals surface area (Å²) in [6.45, 7) is 5.40. The molecule has 0 aromatic carbocycles. The van der Waals surface area contributed by atoms with Gasteiger partial charge in [0.25, 0.3) is 0 Å². The van der Waals surface area contributed by atoms with Gasteiger partial charge in [0.15, 0.2) is 0 Å². The van der Waals surface area contributed by atoms with E-state index in [1.54, 1.807) is 0 Å². The zero-order chi connectivity index (χ0) is 11.3. The van der Waals surface area contributed by atoms with Gasteiger partial charge in [-0.05, 0) is 39.5 Å². The van der Waals surface area contributed by atoms with Crippen LogP contribution in [0.4, 0.5) is 0 Å². The van der Waals surface area contributed by atoms with Crippen molar-refractivity contribution in [2.75, 3.05) is 33.8 Å². The Morgan fingerprint density at radius 1 is 1.47 bits per heavy atom. The van der Waals surface area contributed by atoms with Gasteiger partial charge in [0.1, 0.15) is 0 Å². The van der Waals surface area contributed by atoms with E-state index in [9.17, 15) is 4.79 Å². The van der Waals surface area contributed by atoms with Gasteiger partial charge < -0.3 is 15.0 Å². The second-order valence-electron chi connectivity index (χ2n) is 4.22. The highest BCUT2D eigenvalue weighted by molar-refractivity contribution is 5.70. The van der Waals surface area contributed by atoms with Gasteiger partial charge in [0.05, 0.1) is 13.5 Å². The Bertz CT molecular complexity index is 211. The molecule has 4 heteroatoms. The molecule has 1 aliphatic rings. The number of hydrogen-bond acceptors (Lipinski definition) is 4. The molecule has 0 aromatic rings. The highest BCUT2D eigenvalue weighted by atomic mass is 16.5. The van der Waals surface area contributed by atoms with Gasteiger partial charge in [0.2, 0.25) is 0 Å². The van der Waals surface area contributed by atoms with Gasteiger partial charge in [-0.1, -0.05) is 6.92 Å². The van der Waals surface area contributed by atoms with E-state index in [1.807, 2.05) is 7.05 Å². The number of methoxy groups -OCH3 is 1. The lowest BCUT2D eigenvalue weighted by Crippen LogP contribution is -2.53. The maximum absolute atomic E-state index is 11.3. The number of carbonyl (C=O) groups is 1. The Balaban J connectivity index is 2.52. The van der Waals surface area contributed by atoms with Crippen LogP contribution in [-0.2, 0) is 9.53 Å². The Hall–Kier alpha value is -0.610. The van der Waals surface area contributed by atoms with E-state index in [2.05, 4.69) is 17.1 Å². The van der Waals surface area contributed by atoms with Crippen LogP contribution >= 0.6 is 0 Å². The molecule has 1 aliphatic heterocycles. The summed E-state index contributed by atoms with van der Waals surface area (Å²) >= 11 is 0. The maximum Gasteiger partial charge on any atom is 0.307 e. The molecule has 0 unspecified atom stereocenters. The van der Waals surface area contributed by atoms with Crippen LogP contribution < -0.4 is 5.32 Å². The fourth-order valence-electron chi connectivity index (χ4n) is 2.16. The largest absolute Gasteiger partial charge is 0.469 e. The van der Waals surface area contributed by atoms with E-state index < -0.39 is 0 Å². The molecule has 15 heavy (non-hydrogen) atoms. The zero-order valence-electron chi connectivity index (χ0n) is 10.0. The van der Waals surface area contributed by atoms with Crippen molar-refractivity contribution in [3.05, 3.63) is 0 Å². The fraction of sp³-hybridized carbons (Fsp3) is 0.909. The lowest BCUT2D eigenvalue weighted by atomic mass is 9.84. The number of carbonyl (C=O) groups excluding carboxylic acids is 1. The number of nitrogens with zero attached hydrogens (tertiary/aromatic N) is 1. The van der Waals surface area contributed by atoms with Gasteiger partial charge in [-0.2, -0.15) is 0 Å². The molecule has 0 spiro atoms. The molecule has 0 amide bonds. The number of esters is 1. The Labute approximate surface area is 92.0 Å². The minimum atomic E-state index is -0.116. The van der Waals surface area contributed by atoms with Crippen molar-refractivity contribution in [2.24, 2.45) is 0 Å². The molecular formula is C11H22N2O2. The van der Waals surface area contributed by atoms with Crippen LogP contribution in [0.15, 0.2) is 0 Å². The van der Waals surface area contributed by atoms with Gasteiger partial charge in [0, 0.05) is 5.54 Å². The van der Waals surface area contributed by atoms with Crippen LogP contribution in [-0.4, -0.2) is 50.2 Å². The molecule has 1 heterocycles. The van der Waals surface area contributed by atoms with Crippen LogP contribution in [0.25, 0.3) is 0 Å². The van der Waals surface area contributed by atoms with Crippen molar-refractivity contribution >= 4 is 5.97 Å². The lowest BCUT2D eigenvalue weighted by molar-refractivity contribution is -0.142. The smallest absolute Gasteiger partial charge is 0.307 e. The molecular weight excluding hydrogens is 192 g/mol. The average Bonchev–Trinajstić information content (AvgIpc) is 2.30. The summed E-state index contributed by atoms with van der Waals surface area (Å²) in [7, 11) is 3.39. The molecule has 4 nitrogen and oxygen atoms in total. The van der Waals surface area contributed by atoms with E-state index in [-0.39, 0.29) is 11.5 Å². The van der Waals surface area contributed by atoms with Crippen molar-refractivity contribution in [1.82, 2.24) is 10.2 Å². The van der Waals surface area contributed by atoms with Crippen LogP contribution in [0, 0.1) is 0 Å². The summed E-state index contributed by atoms with van der Waals surface area (Å²) in [6, 6.07) is 0. The summed E-state index contributed by atoms with van der Waals surface area (Å²) in [5.74, 6) is -0.116. The average molecular weight is 214 g/mol. The first-order chi connectivity index (χ1) is 7.15. The molecule has 1 fully saturated rings. The molecule has 1 saturated heterocycles. The molecule has 0 saturated carbocycles. The molecule has 0 radical (unpaired) electrons. The maximum atomic E-state index is 11.3. The van der Waals surface area contributed by atoms with E-state index in [0.717, 1.165) is 32.5 Å². The standard InChI is InChI=1S/C11H22N2O2/c1-4-13-7-5-11(12-2,6-8-13)9-10(14)15-3/h12H,4-9H2,1-3H3. The first kappa shape index (κ1) is 12.5. The zero-order valence-corrected chi connectivity index (χ0v) is 10.0. The molecule has 88 valence electrons. The highest BCUT2D eigenvalue weighted by Gasteiger charge is 2.34. The van der Waals surface area contributed by atoms with Crippen molar-refractivity contribution in [3.63, 3.8) is 0 Å². The number of hydrogen-bond donors (Lipinski definition) is 1. The van der Waals surface area contributed by atoms with Crippen molar-refractivity contribution < 1.29 is 9.53 Å². The lowest BCUT2D eigenvalue weighted by Gasteiger charge is -2.40. The molecule has 0 aliphatic carbocycles. The molecule has 0 bridgehead atoms. The fourth-order valence-corrected chi connectivity index (χ4v) is 2.16. The van der Waals surface area contributed by atoms with E-state index >= 15 is 0 Å². The SMILES string of the molecule is CCN1CCC(CC(=O)OC)(NC)CC1. The van der Waals surface area contributed by atoms with E-state index in [1.165, 1.54) is 7.11 Å².